The van der Waals surface area contributed by atoms with Crippen molar-refractivity contribution in [3.63, 3.8) is 0 Å². The quantitative estimate of drug-likeness (QED) is 0.418. The van der Waals surface area contributed by atoms with Gasteiger partial charge in [-0.1, -0.05) is 35.9 Å². The molecular formula is C18H14ClIN2O3. The summed E-state index contributed by atoms with van der Waals surface area (Å²) in [5, 5.41) is 3.20. The third kappa shape index (κ3) is 3.96. The van der Waals surface area contributed by atoms with Crippen LogP contribution in [-0.2, 0) is 11.4 Å². The lowest BCUT2D eigenvalue weighted by molar-refractivity contribution is -0.121. The Bertz CT molecular complexity index is 882. The molecule has 0 spiro atoms. The molecule has 0 atom stereocenters. The fraction of sp³-hybridized carbons (Fsp3) is 0.111. The van der Waals surface area contributed by atoms with E-state index in [1.54, 1.807) is 6.08 Å². The Morgan fingerprint density at radius 3 is 2.64 bits per heavy atom. The summed E-state index contributed by atoms with van der Waals surface area (Å²) in [4.78, 5) is 24.4. The van der Waals surface area contributed by atoms with E-state index < -0.39 is 6.03 Å². The van der Waals surface area contributed by atoms with Gasteiger partial charge in [-0.25, -0.2) is 4.79 Å². The highest BCUT2D eigenvalue weighted by Gasteiger charge is 2.29. The highest BCUT2D eigenvalue weighted by molar-refractivity contribution is 14.1. The van der Waals surface area contributed by atoms with E-state index in [0.717, 1.165) is 25.3 Å². The number of hydrogen-bond donors (Lipinski definition) is 1. The minimum Gasteiger partial charge on any atom is -0.488 e. The number of imide groups is 1. The molecule has 128 valence electrons. The number of carbonyl (C=O) groups is 2. The minimum atomic E-state index is -0.425. The largest absolute Gasteiger partial charge is 0.488 e. The summed E-state index contributed by atoms with van der Waals surface area (Å²) >= 11 is 8.30. The molecule has 1 saturated heterocycles. The van der Waals surface area contributed by atoms with Gasteiger partial charge in [-0.2, -0.15) is 0 Å². The van der Waals surface area contributed by atoms with Gasteiger partial charge in [-0.3, -0.25) is 9.69 Å². The lowest BCUT2D eigenvalue weighted by Crippen LogP contribution is -2.25. The van der Waals surface area contributed by atoms with Crippen molar-refractivity contribution in [3.05, 3.63) is 67.9 Å². The molecule has 3 rings (SSSR count). The Balaban J connectivity index is 1.74. The number of halogens is 2. The monoisotopic (exact) mass is 468 g/mol. The van der Waals surface area contributed by atoms with Gasteiger partial charge in [0, 0.05) is 17.6 Å². The van der Waals surface area contributed by atoms with Gasteiger partial charge in [0.2, 0.25) is 0 Å². The van der Waals surface area contributed by atoms with E-state index in [4.69, 9.17) is 16.3 Å². The number of likely N-dealkylation sites (N-methyl/N-ethyl adjacent to an activating group) is 1. The maximum atomic E-state index is 11.9. The molecule has 0 unspecified atom stereocenters. The van der Waals surface area contributed by atoms with Crippen LogP contribution < -0.4 is 10.1 Å². The summed E-state index contributed by atoms with van der Waals surface area (Å²) in [6.07, 6.45) is 1.64. The standard InChI is InChI=1S/C18H14ClIN2O3/c1-22-17(23)15(21-18(22)24)9-11-6-7-16(14(20)8-11)25-10-12-4-2-3-5-13(12)19/h2-9H,10H2,1H3,(H,21,24)/b15-9+. The number of nitrogens with zero attached hydrogens (tertiary/aromatic N) is 1. The van der Waals surface area contributed by atoms with Gasteiger partial charge in [-0.15, -0.1) is 0 Å². The second-order valence-electron chi connectivity index (χ2n) is 5.42. The Morgan fingerprint density at radius 2 is 2.00 bits per heavy atom. The van der Waals surface area contributed by atoms with Crippen molar-refractivity contribution in [1.82, 2.24) is 10.2 Å². The first-order chi connectivity index (χ1) is 12.0. The number of benzene rings is 2. The third-order valence-corrected chi connectivity index (χ3v) is 4.90. The van der Waals surface area contributed by atoms with Crippen molar-refractivity contribution in [1.29, 1.82) is 0 Å². The molecule has 1 fully saturated rings. The topological polar surface area (TPSA) is 58.6 Å². The van der Waals surface area contributed by atoms with Crippen LogP contribution in [0.5, 0.6) is 5.75 Å². The average molecular weight is 469 g/mol. The molecule has 5 nitrogen and oxygen atoms in total. The molecule has 1 aliphatic rings. The SMILES string of the molecule is CN1C(=O)N/C(=C/c2ccc(OCc3ccccc3Cl)c(I)c2)C1=O. The Labute approximate surface area is 163 Å². The lowest BCUT2D eigenvalue weighted by atomic mass is 10.2. The first-order valence-electron chi connectivity index (χ1n) is 7.42. The summed E-state index contributed by atoms with van der Waals surface area (Å²) < 4.78 is 6.72. The third-order valence-electron chi connectivity index (χ3n) is 3.69. The smallest absolute Gasteiger partial charge is 0.328 e. The van der Waals surface area contributed by atoms with Crippen molar-refractivity contribution in [2.24, 2.45) is 0 Å². The lowest BCUT2D eigenvalue weighted by Gasteiger charge is -2.10. The number of carbonyl (C=O) groups excluding carboxylic acids is 2. The fourth-order valence-corrected chi connectivity index (χ4v) is 3.17. The highest BCUT2D eigenvalue weighted by Crippen LogP contribution is 2.26. The number of rotatable bonds is 4. The first-order valence-corrected chi connectivity index (χ1v) is 8.88. The summed E-state index contributed by atoms with van der Waals surface area (Å²) in [6.45, 7) is 0.370. The fourth-order valence-electron chi connectivity index (χ4n) is 2.28. The summed E-state index contributed by atoms with van der Waals surface area (Å²) in [5.74, 6) is 0.376. The van der Waals surface area contributed by atoms with Crippen molar-refractivity contribution in [2.75, 3.05) is 7.05 Å². The van der Waals surface area contributed by atoms with Crippen LogP contribution >= 0.6 is 34.2 Å². The van der Waals surface area contributed by atoms with E-state index in [2.05, 4.69) is 27.9 Å². The highest BCUT2D eigenvalue weighted by atomic mass is 127. The van der Waals surface area contributed by atoms with E-state index in [1.165, 1.54) is 7.05 Å². The van der Waals surface area contributed by atoms with Crippen molar-refractivity contribution < 1.29 is 14.3 Å². The van der Waals surface area contributed by atoms with E-state index in [0.29, 0.717) is 11.6 Å². The zero-order chi connectivity index (χ0) is 18.0. The molecule has 1 N–H and O–H groups in total. The minimum absolute atomic E-state index is 0.257. The number of urea groups is 1. The van der Waals surface area contributed by atoms with Crippen LogP contribution in [0.15, 0.2) is 48.2 Å². The van der Waals surface area contributed by atoms with E-state index in [1.807, 2.05) is 42.5 Å². The normalized spacial score (nSPS) is 15.6. The molecule has 0 aromatic heterocycles. The van der Waals surface area contributed by atoms with Crippen molar-refractivity contribution in [2.45, 2.75) is 6.61 Å². The van der Waals surface area contributed by atoms with Gasteiger partial charge in [0.05, 0.1) is 3.57 Å². The Hall–Kier alpha value is -2.06. The molecule has 3 amide bonds. The average Bonchev–Trinajstić information content (AvgIpc) is 2.82. The molecule has 1 aliphatic heterocycles. The van der Waals surface area contributed by atoms with Crippen LogP contribution in [0.2, 0.25) is 5.02 Å². The predicted octanol–water partition coefficient (Wildman–Crippen LogP) is 4.05. The molecule has 1 heterocycles. The zero-order valence-electron chi connectivity index (χ0n) is 13.3. The van der Waals surface area contributed by atoms with Crippen LogP contribution in [0.4, 0.5) is 4.79 Å². The molecule has 2 aromatic rings. The van der Waals surface area contributed by atoms with Gasteiger partial charge >= 0.3 is 6.03 Å². The number of hydrogen-bond acceptors (Lipinski definition) is 3. The molecule has 0 radical (unpaired) electrons. The second-order valence-corrected chi connectivity index (χ2v) is 6.99. The summed E-state index contributed by atoms with van der Waals surface area (Å²) in [6, 6.07) is 12.6. The van der Waals surface area contributed by atoms with Crippen LogP contribution in [0.1, 0.15) is 11.1 Å². The van der Waals surface area contributed by atoms with Gasteiger partial charge in [0.15, 0.2) is 0 Å². The number of amides is 3. The molecule has 0 aliphatic carbocycles. The second kappa shape index (κ2) is 7.45. The van der Waals surface area contributed by atoms with Gasteiger partial charge in [0.25, 0.3) is 5.91 Å². The zero-order valence-corrected chi connectivity index (χ0v) is 16.2. The Kier molecular flexibility index (Phi) is 5.29. The van der Waals surface area contributed by atoms with Crippen molar-refractivity contribution in [3.8, 4) is 5.75 Å². The van der Waals surface area contributed by atoms with E-state index in [9.17, 15) is 9.59 Å². The maximum absolute atomic E-state index is 11.9. The molecule has 25 heavy (non-hydrogen) atoms. The molecule has 2 aromatic carbocycles. The van der Waals surface area contributed by atoms with Gasteiger partial charge < -0.3 is 10.1 Å². The van der Waals surface area contributed by atoms with Gasteiger partial charge in [0.1, 0.15) is 18.1 Å². The number of nitrogens with one attached hydrogen (secondary N) is 1. The molecule has 0 saturated carbocycles. The Morgan fingerprint density at radius 1 is 1.24 bits per heavy atom. The first kappa shape index (κ1) is 17.8. The van der Waals surface area contributed by atoms with E-state index >= 15 is 0 Å². The molecular weight excluding hydrogens is 455 g/mol. The van der Waals surface area contributed by atoms with Crippen LogP contribution in [0.25, 0.3) is 6.08 Å². The van der Waals surface area contributed by atoms with Gasteiger partial charge in [-0.05, 0) is 52.4 Å². The van der Waals surface area contributed by atoms with Crippen molar-refractivity contribution >= 4 is 52.2 Å². The molecule has 0 bridgehead atoms. The van der Waals surface area contributed by atoms with Crippen LogP contribution in [0, 0.1) is 3.57 Å². The van der Waals surface area contributed by atoms with Crippen LogP contribution in [-0.4, -0.2) is 23.9 Å². The summed E-state index contributed by atoms with van der Waals surface area (Å²) in [5.41, 5.74) is 1.97. The van der Waals surface area contributed by atoms with E-state index in [-0.39, 0.29) is 11.6 Å². The molecule has 7 heteroatoms. The maximum Gasteiger partial charge on any atom is 0.328 e. The summed E-state index contributed by atoms with van der Waals surface area (Å²) in [7, 11) is 1.44. The van der Waals surface area contributed by atoms with Crippen LogP contribution in [0.3, 0.4) is 0 Å². The predicted molar refractivity (Wildman–Crippen MR) is 104 cm³/mol. The number of ether oxygens (including phenoxy) is 1.